The van der Waals surface area contributed by atoms with Gasteiger partial charge in [-0.1, -0.05) is 55.8 Å². The lowest BCUT2D eigenvalue weighted by Gasteiger charge is -2.23. The number of amides is 1. The maximum Gasteiger partial charge on any atom is 0.238 e. The van der Waals surface area contributed by atoms with Crippen molar-refractivity contribution >= 4 is 26.8 Å². The van der Waals surface area contributed by atoms with Crippen LogP contribution in [-0.2, 0) is 20.4 Å². The third-order valence-corrected chi connectivity index (χ3v) is 6.51. The fraction of sp³-hybridized carbons (Fsp3) is 0.364. The lowest BCUT2D eigenvalue weighted by molar-refractivity contribution is -0.123. The number of benzene rings is 2. The Kier molecular flexibility index (Phi) is 7.42. The predicted molar refractivity (Wildman–Crippen MR) is 118 cm³/mol. The van der Waals surface area contributed by atoms with Crippen molar-refractivity contribution in [2.24, 2.45) is 5.73 Å². The molecule has 1 amide bonds. The first-order chi connectivity index (χ1) is 14.8. The second-order valence-electron chi connectivity index (χ2n) is 7.52. The molecule has 1 aromatic heterocycles. The molecule has 3 atom stereocenters. The number of carbonyl (C=O) groups excluding carboxylic acids is 1. The Morgan fingerprint density at radius 1 is 1.16 bits per heavy atom. The summed E-state index contributed by atoms with van der Waals surface area (Å²) < 4.78 is 30.5. The number of aromatic nitrogens is 1. The molecule has 0 spiro atoms. The lowest BCUT2D eigenvalue weighted by atomic mass is 10.1. The maximum atomic E-state index is 12.6. The molecule has 3 rings (SSSR count). The van der Waals surface area contributed by atoms with Crippen molar-refractivity contribution in [3.05, 3.63) is 66.1 Å². The van der Waals surface area contributed by atoms with E-state index in [1.54, 1.807) is 54.6 Å². The summed E-state index contributed by atoms with van der Waals surface area (Å²) in [6, 6.07) is 13.8. The summed E-state index contributed by atoms with van der Waals surface area (Å²) in [5.41, 5.74) is 7.65. The van der Waals surface area contributed by atoms with E-state index in [1.807, 2.05) is 6.92 Å². The molecule has 0 saturated heterocycles. The fourth-order valence-electron chi connectivity index (χ4n) is 3.33. The van der Waals surface area contributed by atoms with Crippen LogP contribution < -0.4 is 11.1 Å². The quantitative estimate of drug-likeness (QED) is 0.435. The second kappa shape index (κ2) is 10.0. The zero-order valence-electron chi connectivity index (χ0n) is 17.3. The third kappa shape index (κ3) is 6.13. The highest BCUT2D eigenvalue weighted by atomic mass is 32.2. The number of para-hydroxylation sites is 2. The Morgan fingerprint density at radius 2 is 1.84 bits per heavy atom. The van der Waals surface area contributed by atoms with Gasteiger partial charge in [0.2, 0.25) is 11.8 Å². The van der Waals surface area contributed by atoms with Crippen LogP contribution in [0.1, 0.15) is 37.3 Å². The van der Waals surface area contributed by atoms with E-state index in [-0.39, 0.29) is 11.6 Å². The molecule has 0 bridgehead atoms. The number of rotatable bonds is 10. The Morgan fingerprint density at radius 3 is 2.52 bits per heavy atom. The number of sulfone groups is 1. The summed E-state index contributed by atoms with van der Waals surface area (Å²) in [5.74, 6) is -1.25. The topological polar surface area (TPSA) is 136 Å². The number of nitrogens with two attached hydrogens (primary N) is 1. The van der Waals surface area contributed by atoms with Gasteiger partial charge in [0.05, 0.1) is 23.6 Å². The molecule has 1 unspecified atom stereocenters. The molecule has 31 heavy (non-hydrogen) atoms. The van der Waals surface area contributed by atoms with Gasteiger partial charge in [0.1, 0.15) is 5.52 Å². The number of fused-ring (bicyclic) bond motifs is 1. The number of hydrogen-bond acceptors (Lipinski definition) is 7. The van der Waals surface area contributed by atoms with E-state index in [2.05, 4.69) is 10.3 Å². The van der Waals surface area contributed by atoms with Gasteiger partial charge in [0, 0.05) is 0 Å². The van der Waals surface area contributed by atoms with Crippen LogP contribution in [0.5, 0.6) is 0 Å². The van der Waals surface area contributed by atoms with E-state index in [0.717, 1.165) is 0 Å². The van der Waals surface area contributed by atoms with Crippen molar-refractivity contribution in [3.8, 4) is 0 Å². The maximum absolute atomic E-state index is 12.6. The van der Waals surface area contributed by atoms with Crippen molar-refractivity contribution < 1.29 is 22.7 Å². The molecule has 4 N–H and O–H groups in total. The van der Waals surface area contributed by atoms with E-state index < -0.39 is 39.7 Å². The average molecular weight is 446 g/mol. The van der Waals surface area contributed by atoms with Crippen LogP contribution in [0.25, 0.3) is 11.1 Å². The highest BCUT2D eigenvalue weighted by Crippen LogP contribution is 2.24. The van der Waals surface area contributed by atoms with E-state index in [4.69, 9.17) is 10.2 Å². The minimum Gasteiger partial charge on any atom is -0.438 e. The van der Waals surface area contributed by atoms with Crippen molar-refractivity contribution in [1.29, 1.82) is 0 Å². The van der Waals surface area contributed by atoms with Gasteiger partial charge >= 0.3 is 0 Å². The minimum atomic E-state index is -3.60. The molecular weight excluding hydrogens is 418 g/mol. The van der Waals surface area contributed by atoms with Crippen LogP contribution in [0, 0.1) is 0 Å². The number of aliphatic hydroxyl groups is 1. The molecule has 0 fully saturated rings. The Bertz CT molecular complexity index is 1080. The van der Waals surface area contributed by atoms with Crippen LogP contribution in [-0.4, -0.2) is 42.3 Å². The molecule has 8 nitrogen and oxygen atoms in total. The van der Waals surface area contributed by atoms with Gasteiger partial charge in [-0.3, -0.25) is 4.79 Å². The minimum absolute atomic E-state index is 0.0882. The van der Waals surface area contributed by atoms with Gasteiger partial charge in [-0.2, -0.15) is 0 Å². The molecule has 3 aromatic rings. The van der Waals surface area contributed by atoms with Crippen LogP contribution in [0.3, 0.4) is 0 Å². The third-order valence-electron chi connectivity index (χ3n) is 4.87. The number of nitrogens with zero attached hydrogens (tertiary/aromatic N) is 1. The summed E-state index contributed by atoms with van der Waals surface area (Å²) in [6.45, 7) is 1.90. The van der Waals surface area contributed by atoms with Crippen LogP contribution in [0.2, 0.25) is 0 Å². The van der Waals surface area contributed by atoms with Crippen molar-refractivity contribution in [3.63, 3.8) is 0 Å². The van der Waals surface area contributed by atoms with Crippen LogP contribution >= 0.6 is 0 Å². The molecule has 0 aliphatic heterocycles. The first kappa shape index (κ1) is 22.9. The molecule has 0 aliphatic carbocycles. The molecule has 166 valence electrons. The number of oxazole rings is 1. The van der Waals surface area contributed by atoms with E-state index >= 15 is 0 Å². The molecule has 2 aromatic carbocycles. The summed E-state index contributed by atoms with van der Waals surface area (Å²) >= 11 is 0. The first-order valence-corrected chi connectivity index (χ1v) is 11.9. The number of aliphatic hydroxyl groups excluding tert-OH is 1. The predicted octanol–water partition coefficient (Wildman–Crippen LogP) is 2.09. The second-order valence-corrected chi connectivity index (χ2v) is 9.62. The standard InChI is InChI=1S/C22H27N3O5S/c1-2-8-18(20(26)22-25-17-11-6-7-12-19(17)30-22)24-21(27)16(23)14-31(28,29)13-15-9-4-3-5-10-15/h3-7,9-12,16,18,20,26H,2,8,13-14,23H2,1H3,(H,24,27)/t16?,18-,20+/m1/s1. The summed E-state index contributed by atoms with van der Waals surface area (Å²) in [6.07, 6.45) is -0.0803. The van der Waals surface area contributed by atoms with Gasteiger partial charge in [-0.25, -0.2) is 13.4 Å². The number of hydrogen-bond donors (Lipinski definition) is 3. The van der Waals surface area contributed by atoms with Gasteiger partial charge < -0.3 is 20.6 Å². The van der Waals surface area contributed by atoms with Crippen LogP contribution in [0.15, 0.2) is 59.0 Å². The van der Waals surface area contributed by atoms with Gasteiger partial charge in [0.15, 0.2) is 21.5 Å². The molecular formula is C22H27N3O5S. The van der Waals surface area contributed by atoms with Gasteiger partial charge in [0.25, 0.3) is 0 Å². The smallest absolute Gasteiger partial charge is 0.238 e. The van der Waals surface area contributed by atoms with Crippen molar-refractivity contribution in [2.45, 2.75) is 43.7 Å². The largest absolute Gasteiger partial charge is 0.438 e. The lowest BCUT2D eigenvalue weighted by Crippen LogP contribution is -2.50. The highest BCUT2D eigenvalue weighted by Gasteiger charge is 2.30. The van der Waals surface area contributed by atoms with E-state index in [1.165, 1.54) is 0 Å². The SMILES string of the molecule is CCC[C@@H](NC(=O)C(N)CS(=O)(=O)Cc1ccccc1)[C@H](O)c1nc2ccccc2o1. The average Bonchev–Trinajstić information content (AvgIpc) is 3.17. The number of carbonyl (C=O) groups is 1. The summed E-state index contributed by atoms with van der Waals surface area (Å²) in [7, 11) is -3.60. The molecule has 0 saturated carbocycles. The van der Waals surface area contributed by atoms with E-state index in [0.29, 0.717) is 29.5 Å². The molecule has 0 radical (unpaired) electrons. The monoisotopic (exact) mass is 445 g/mol. The Hall–Kier alpha value is -2.75. The number of nitrogens with one attached hydrogen (secondary N) is 1. The normalized spacial score (nSPS) is 14.8. The van der Waals surface area contributed by atoms with Crippen LogP contribution in [0.4, 0.5) is 0 Å². The first-order valence-electron chi connectivity index (χ1n) is 10.1. The van der Waals surface area contributed by atoms with Gasteiger partial charge in [-0.15, -0.1) is 0 Å². The van der Waals surface area contributed by atoms with E-state index in [9.17, 15) is 18.3 Å². The summed E-state index contributed by atoms with van der Waals surface area (Å²) in [5, 5.41) is 13.4. The zero-order valence-corrected chi connectivity index (χ0v) is 18.1. The zero-order chi connectivity index (χ0) is 22.4. The molecule has 0 aliphatic rings. The van der Waals surface area contributed by atoms with Crippen molar-refractivity contribution in [2.75, 3.05) is 5.75 Å². The molecule has 9 heteroatoms. The van der Waals surface area contributed by atoms with Crippen molar-refractivity contribution in [1.82, 2.24) is 10.3 Å². The van der Waals surface area contributed by atoms with Gasteiger partial charge in [-0.05, 0) is 24.1 Å². The molecule has 1 heterocycles. The fourth-order valence-corrected chi connectivity index (χ4v) is 4.85. The highest BCUT2D eigenvalue weighted by molar-refractivity contribution is 7.90. The Balaban J connectivity index is 1.66. The summed E-state index contributed by atoms with van der Waals surface area (Å²) in [4.78, 5) is 16.9. The Labute approximate surface area is 181 Å².